The van der Waals surface area contributed by atoms with Crippen LogP contribution < -0.4 is 0 Å². The van der Waals surface area contributed by atoms with Crippen molar-refractivity contribution in [3.05, 3.63) is 56.9 Å². The number of thioether (sulfide) groups is 1. The topological polar surface area (TPSA) is 109 Å². The number of hydrogen-bond acceptors (Lipinski definition) is 8. The molecule has 3 rings (SSSR count). The summed E-state index contributed by atoms with van der Waals surface area (Å²) in [5.74, 6) is -1.46. The number of azo groups is 1. The Morgan fingerprint density at radius 1 is 1.19 bits per heavy atom. The second-order valence-electron chi connectivity index (χ2n) is 6.11. The van der Waals surface area contributed by atoms with E-state index in [4.69, 9.17) is 27.9 Å². The predicted octanol–water partition coefficient (Wildman–Crippen LogP) is 5.71. The minimum absolute atomic E-state index is 0.0550. The molecular formula is C20H15Cl2N3O5S. The summed E-state index contributed by atoms with van der Waals surface area (Å²) in [7, 11) is 0. The molecule has 0 aromatic heterocycles. The van der Waals surface area contributed by atoms with Crippen LogP contribution in [0.25, 0.3) is 6.08 Å². The van der Waals surface area contributed by atoms with Gasteiger partial charge in [-0.05, 0) is 61.2 Å². The number of halogens is 2. The zero-order valence-corrected chi connectivity index (χ0v) is 18.4. The molecule has 11 heteroatoms. The van der Waals surface area contributed by atoms with Crippen molar-refractivity contribution in [3.8, 4) is 5.75 Å². The molecular weight excluding hydrogens is 465 g/mol. The maximum Gasteiger partial charge on any atom is 0.326 e. The highest BCUT2D eigenvalue weighted by Gasteiger charge is 2.36. The third-order valence-electron chi connectivity index (χ3n) is 3.95. The Kier molecular flexibility index (Phi) is 7.32. The Morgan fingerprint density at radius 3 is 2.68 bits per heavy atom. The van der Waals surface area contributed by atoms with E-state index >= 15 is 0 Å². The van der Waals surface area contributed by atoms with E-state index in [-0.39, 0.29) is 22.8 Å². The van der Waals surface area contributed by atoms with Gasteiger partial charge in [0, 0.05) is 10.6 Å². The Balaban J connectivity index is 1.82. The number of carbonyl (C=O) groups is 3. The number of nitrogens with zero attached hydrogens (tertiary/aromatic N) is 3. The van der Waals surface area contributed by atoms with E-state index in [2.05, 4.69) is 10.2 Å². The van der Waals surface area contributed by atoms with Gasteiger partial charge in [-0.1, -0.05) is 23.2 Å². The minimum atomic E-state index is -0.683. The maximum atomic E-state index is 12.5. The lowest BCUT2D eigenvalue weighted by atomic mass is 10.1. The molecule has 1 fully saturated rings. The number of benzene rings is 2. The van der Waals surface area contributed by atoms with E-state index in [0.717, 1.165) is 4.90 Å². The van der Waals surface area contributed by atoms with Gasteiger partial charge in [-0.3, -0.25) is 19.3 Å². The van der Waals surface area contributed by atoms with E-state index in [0.29, 0.717) is 33.2 Å². The second kappa shape index (κ2) is 9.95. The molecule has 2 amide bonds. The molecule has 2 aromatic carbocycles. The Bertz CT molecular complexity index is 1120. The summed E-state index contributed by atoms with van der Waals surface area (Å²) >= 11 is 12.6. The lowest BCUT2D eigenvalue weighted by molar-refractivity contribution is -0.145. The highest BCUT2D eigenvalue weighted by molar-refractivity contribution is 8.18. The van der Waals surface area contributed by atoms with Gasteiger partial charge in [-0.25, -0.2) is 0 Å². The van der Waals surface area contributed by atoms with Crippen LogP contribution in [0.1, 0.15) is 12.5 Å². The third kappa shape index (κ3) is 5.63. The van der Waals surface area contributed by atoms with Crippen LogP contribution in [-0.4, -0.2) is 40.3 Å². The molecule has 0 unspecified atom stereocenters. The van der Waals surface area contributed by atoms with E-state index in [1.807, 2.05) is 0 Å². The summed E-state index contributed by atoms with van der Waals surface area (Å²) in [5, 5.41) is 18.5. The highest BCUT2D eigenvalue weighted by atomic mass is 35.5. The number of aromatic hydroxyl groups is 1. The van der Waals surface area contributed by atoms with Crippen molar-refractivity contribution >= 4 is 69.5 Å². The largest absolute Gasteiger partial charge is 0.507 e. The fourth-order valence-corrected chi connectivity index (χ4v) is 3.78. The Morgan fingerprint density at radius 2 is 1.97 bits per heavy atom. The molecule has 31 heavy (non-hydrogen) atoms. The number of hydrogen-bond donors (Lipinski definition) is 1. The summed E-state index contributed by atoms with van der Waals surface area (Å²) in [6.45, 7) is 1.29. The maximum absolute atomic E-state index is 12.5. The van der Waals surface area contributed by atoms with Crippen molar-refractivity contribution in [1.82, 2.24) is 4.90 Å². The summed E-state index contributed by atoms with van der Waals surface area (Å²) in [4.78, 5) is 37.0. The van der Waals surface area contributed by atoms with Crippen LogP contribution in [0.4, 0.5) is 16.2 Å². The summed E-state index contributed by atoms with van der Waals surface area (Å²) in [6, 6.07) is 9.15. The second-order valence-corrected chi connectivity index (χ2v) is 7.95. The first-order chi connectivity index (χ1) is 14.8. The first kappa shape index (κ1) is 22.8. The van der Waals surface area contributed by atoms with E-state index in [9.17, 15) is 19.5 Å². The van der Waals surface area contributed by atoms with Gasteiger partial charge in [0.25, 0.3) is 11.1 Å². The number of ether oxygens (including phenoxy) is 1. The van der Waals surface area contributed by atoms with Crippen LogP contribution in [0.3, 0.4) is 0 Å². The Hall–Kier alpha value is -2.88. The van der Waals surface area contributed by atoms with Gasteiger partial charge < -0.3 is 9.84 Å². The first-order valence-electron chi connectivity index (χ1n) is 8.89. The molecule has 0 radical (unpaired) electrons. The van der Waals surface area contributed by atoms with Crippen LogP contribution in [0.2, 0.25) is 10.0 Å². The van der Waals surface area contributed by atoms with Gasteiger partial charge >= 0.3 is 5.97 Å². The molecule has 0 spiro atoms. The van der Waals surface area contributed by atoms with Crippen LogP contribution in [0, 0.1) is 0 Å². The number of rotatable bonds is 6. The Labute approximate surface area is 191 Å². The fourth-order valence-electron chi connectivity index (χ4n) is 2.51. The van der Waals surface area contributed by atoms with E-state index < -0.39 is 23.7 Å². The number of imide groups is 1. The van der Waals surface area contributed by atoms with Gasteiger partial charge in [0.1, 0.15) is 18.0 Å². The average Bonchev–Trinajstić information content (AvgIpc) is 2.97. The van der Waals surface area contributed by atoms with E-state index in [1.165, 1.54) is 30.3 Å². The van der Waals surface area contributed by atoms with Gasteiger partial charge in [0.15, 0.2) is 0 Å². The minimum Gasteiger partial charge on any atom is -0.507 e. The first-order valence-corrected chi connectivity index (χ1v) is 10.5. The summed E-state index contributed by atoms with van der Waals surface area (Å²) in [5.41, 5.74) is 1.03. The number of phenols is 1. The fraction of sp³-hybridized carbons (Fsp3) is 0.150. The normalized spacial score (nSPS) is 15.3. The van der Waals surface area contributed by atoms with Crippen molar-refractivity contribution in [1.29, 1.82) is 0 Å². The molecule has 1 heterocycles. The zero-order chi connectivity index (χ0) is 22.5. The molecule has 2 aromatic rings. The highest BCUT2D eigenvalue weighted by Crippen LogP contribution is 2.35. The molecule has 1 aliphatic heterocycles. The van der Waals surface area contributed by atoms with Gasteiger partial charge in [-0.15, -0.1) is 5.11 Å². The summed E-state index contributed by atoms with van der Waals surface area (Å²) in [6.07, 6.45) is 1.35. The summed E-state index contributed by atoms with van der Waals surface area (Å²) < 4.78 is 4.77. The molecule has 8 nitrogen and oxygen atoms in total. The molecule has 0 atom stereocenters. The van der Waals surface area contributed by atoms with Crippen LogP contribution >= 0.6 is 35.0 Å². The van der Waals surface area contributed by atoms with Crippen molar-refractivity contribution in [2.24, 2.45) is 10.2 Å². The van der Waals surface area contributed by atoms with Gasteiger partial charge in [0.05, 0.1) is 22.2 Å². The number of phenolic OH excluding ortho intramolecular Hbond substituents is 1. The van der Waals surface area contributed by atoms with Crippen molar-refractivity contribution in [2.75, 3.05) is 13.2 Å². The zero-order valence-electron chi connectivity index (χ0n) is 16.0. The molecule has 160 valence electrons. The molecule has 0 aliphatic carbocycles. The lowest BCUT2D eigenvalue weighted by Crippen LogP contribution is -2.34. The van der Waals surface area contributed by atoms with Crippen LogP contribution in [0.15, 0.2) is 51.5 Å². The molecule has 1 aliphatic rings. The molecule has 1 N–H and O–H groups in total. The molecule has 1 saturated heterocycles. The number of amides is 2. The van der Waals surface area contributed by atoms with Crippen LogP contribution in [-0.2, 0) is 14.3 Å². The van der Waals surface area contributed by atoms with E-state index in [1.54, 1.807) is 19.1 Å². The third-order valence-corrected chi connectivity index (χ3v) is 5.39. The van der Waals surface area contributed by atoms with Crippen molar-refractivity contribution in [2.45, 2.75) is 6.92 Å². The lowest BCUT2D eigenvalue weighted by Gasteiger charge is -2.10. The van der Waals surface area contributed by atoms with Crippen molar-refractivity contribution < 1.29 is 24.2 Å². The van der Waals surface area contributed by atoms with Crippen molar-refractivity contribution in [3.63, 3.8) is 0 Å². The smallest absolute Gasteiger partial charge is 0.326 e. The van der Waals surface area contributed by atoms with Gasteiger partial charge in [0.2, 0.25) is 0 Å². The monoisotopic (exact) mass is 479 g/mol. The van der Waals surface area contributed by atoms with Gasteiger partial charge in [-0.2, -0.15) is 5.11 Å². The number of esters is 1. The average molecular weight is 480 g/mol. The standard InChI is InChI=1S/C20H15Cl2N3O5S/c1-2-30-18(27)10-25-19(28)17(31-20(25)29)8-11-7-13(4-6-16(11)26)23-24-15-5-3-12(21)9-14(15)22/h3-9,26H,2,10H2,1H3/b17-8-,24-23?. The quantitative estimate of drug-likeness (QED) is 0.322. The predicted molar refractivity (Wildman–Crippen MR) is 118 cm³/mol. The number of carbonyl (C=O) groups excluding carboxylic acids is 3. The van der Waals surface area contributed by atoms with Crippen LogP contribution in [0.5, 0.6) is 5.75 Å². The molecule has 0 saturated carbocycles. The SMILES string of the molecule is CCOC(=O)CN1C(=O)S/C(=C\c2cc(N=Nc3ccc(Cl)cc3Cl)ccc2O)C1=O. The molecule has 0 bridgehead atoms.